The van der Waals surface area contributed by atoms with E-state index in [9.17, 15) is 22.8 Å². The predicted molar refractivity (Wildman–Crippen MR) is 149 cm³/mol. The molecule has 0 saturated heterocycles. The lowest BCUT2D eigenvalue weighted by atomic mass is 10.00. The Hall–Kier alpha value is -4.67. The molecule has 5 N–H and O–H groups in total. The molecule has 0 heterocycles. The van der Waals surface area contributed by atoms with E-state index >= 15 is 0 Å². The maximum absolute atomic E-state index is 14.6. The second-order valence-corrected chi connectivity index (χ2v) is 9.05. The van der Waals surface area contributed by atoms with Crippen LogP contribution in [0.2, 0.25) is 0 Å². The van der Waals surface area contributed by atoms with Gasteiger partial charge in [-0.15, -0.1) is 0 Å². The summed E-state index contributed by atoms with van der Waals surface area (Å²) in [5, 5.41) is 9.13. The molecule has 11 heteroatoms. The van der Waals surface area contributed by atoms with E-state index in [1.165, 1.54) is 72.8 Å². The SMILES string of the molecule is CCC(Cc1c(N)cc(C(=O)O)cc1N)OC(=O)C=Cc1ccc(OC(F)(F)c2ccc(OCCCF)cc2)cc1. The lowest BCUT2D eigenvalue weighted by Crippen LogP contribution is -2.21. The Morgan fingerprint density at radius 3 is 2.17 bits per heavy atom. The Morgan fingerprint density at radius 2 is 1.61 bits per heavy atom. The molecular formula is C30H31F3N2O6. The van der Waals surface area contributed by atoms with Crippen LogP contribution in [0.3, 0.4) is 0 Å². The van der Waals surface area contributed by atoms with E-state index in [0.29, 0.717) is 23.3 Å². The van der Waals surface area contributed by atoms with Crippen LogP contribution in [0.4, 0.5) is 24.5 Å². The first kappa shape index (κ1) is 30.9. The number of hydrogen-bond donors (Lipinski definition) is 3. The number of anilines is 2. The van der Waals surface area contributed by atoms with Crippen LogP contribution in [-0.4, -0.2) is 36.4 Å². The van der Waals surface area contributed by atoms with Gasteiger partial charge in [-0.05, 0) is 66.6 Å². The third-order valence-electron chi connectivity index (χ3n) is 6.01. The number of benzene rings is 3. The molecule has 1 unspecified atom stereocenters. The highest BCUT2D eigenvalue weighted by atomic mass is 19.3. The average Bonchev–Trinajstić information content (AvgIpc) is 2.94. The number of aromatic carboxylic acids is 1. The van der Waals surface area contributed by atoms with Gasteiger partial charge in [0.1, 0.15) is 17.6 Å². The minimum Gasteiger partial charge on any atom is -0.494 e. The van der Waals surface area contributed by atoms with Crippen molar-refractivity contribution in [1.29, 1.82) is 0 Å². The number of halogens is 3. The number of carboxylic acid groups (broad SMARTS) is 1. The molecule has 218 valence electrons. The van der Waals surface area contributed by atoms with Gasteiger partial charge >= 0.3 is 18.0 Å². The largest absolute Gasteiger partial charge is 0.494 e. The summed E-state index contributed by atoms with van der Waals surface area (Å²) in [6.07, 6.45) is -0.662. The number of nitrogens with two attached hydrogens (primary N) is 2. The first-order chi connectivity index (χ1) is 19.5. The van der Waals surface area contributed by atoms with Crippen LogP contribution in [0.1, 0.15) is 46.8 Å². The van der Waals surface area contributed by atoms with Gasteiger partial charge in [0.25, 0.3) is 0 Å². The smallest absolute Gasteiger partial charge is 0.426 e. The predicted octanol–water partition coefficient (Wildman–Crippen LogP) is 5.99. The van der Waals surface area contributed by atoms with Gasteiger partial charge in [-0.1, -0.05) is 19.1 Å². The molecule has 0 fully saturated rings. The zero-order valence-corrected chi connectivity index (χ0v) is 22.3. The van der Waals surface area contributed by atoms with Gasteiger partial charge in [0.2, 0.25) is 0 Å². The Morgan fingerprint density at radius 1 is 1.00 bits per heavy atom. The van der Waals surface area contributed by atoms with Crippen molar-refractivity contribution in [2.75, 3.05) is 24.7 Å². The molecule has 0 saturated carbocycles. The third-order valence-corrected chi connectivity index (χ3v) is 6.01. The highest BCUT2D eigenvalue weighted by Crippen LogP contribution is 2.33. The van der Waals surface area contributed by atoms with Crippen molar-refractivity contribution in [2.24, 2.45) is 0 Å². The van der Waals surface area contributed by atoms with Crippen LogP contribution < -0.4 is 20.9 Å². The highest BCUT2D eigenvalue weighted by Gasteiger charge is 2.34. The van der Waals surface area contributed by atoms with Crippen LogP contribution in [-0.2, 0) is 22.1 Å². The van der Waals surface area contributed by atoms with Crippen molar-refractivity contribution in [3.05, 3.63) is 89.0 Å². The summed E-state index contributed by atoms with van der Waals surface area (Å²) in [6, 6.07) is 13.3. The number of carbonyl (C=O) groups excluding carboxylic acids is 1. The molecule has 0 bridgehead atoms. The van der Waals surface area contributed by atoms with E-state index in [0.717, 1.165) is 0 Å². The lowest BCUT2D eigenvalue weighted by molar-refractivity contribution is -0.185. The van der Waals surface area contributed by atoms with Crippen molar-refractivity contribution in [1.82, 2.24) is 0 Å². The van der Waals surface area contributed by atoms with Crippen molar-refractivity contribution in [3.8, 4) is 11.5 Å². The molecular weight excluding hydrogens is 541 g/mol. The highest BCUT2D eigenvalue weighted by molar-refractivity contribution is 5.91. The van der Waals surface area contributed by atoms with Gasteiger partial charge in [0, 0.05) is 35.9 Å². The van der Waals surface area contributed by atoms with Crippen LogP contribution in [0.25, 0.3) is 6.08 Å². The zero-order chi connectivity index (χ0) is 30.0. The summed E-state index contributed by atoms with van der Waals surface area (Å²) in [5.74, 6) is -1.54. The van der Waals surface area contributed by atoms with Gasteiger partial charge < -0.3 is 30.8 Å². The molecule has 3 rings (SSSR count). The van der Waals surface area contributed by atoms with Gasteiger partial charge in [-0.2, -0.15) is 8.78 Å². The van der Waals surface area contributed by atoms with Gasteiger partial charge in [0.15, 0.2) is 0 Å². The number of alkyl halides is 3. The fourth-order valence-corrected chi connectivity index (χ4v) is 3.79. The first-order valence-electron chi connectivity index (χ1n) is 12.8. The van der Waals surface area contributed by atoms with E-state index < -0.39 is 30.8 Å². The fraction of sp³-hybridized carbons (Fsp3) is 0.267. The van der Waals surface area contributed by atoms with Crippen LogP contribution in [0, 0.1) is 0 Å². The maximum atomic E-state index is 14.6. The summed E-state index contributed by atoms with van der Waals surface area (Å²) >= 11 is 0. The second kappa shape index (κ2) is 14.1. The number of nitrogen functional groups attached to an aromatic ring is 2. The number of hydrogen-bond acceptors (Lipinski definition) is 7. The van der Waals surface area contributed by atoms with Crippen molar-refractivity contribution in [3.63, 3.8) is 0 Å². The number of esters is 1. The second-order valence-electron chi connectivity index (χ2n) is 9.05. The van der Waals surface area contributed by atoms with Crippen molar-refractivity contribution >= 4 is 29.4 Å². The van der Waals surface area contributed by atoms with Crippen molar-refractivity contribution in [2.45, 2.75) is 38.4 Å². The van der Waals surface area contributed by atoms with Crippen LogP contribution in [0.15, 0.2) is 66.7 Å². The topological polar surface area (TPSA) is 134 Å². The fourth-order valence-electron chi connectivity index (χ4n) is 3.79. The molecule has 0 radical (unpaired) electrons. The molecule has 0 spiro atoms. The van der Waals surface area contributed by atoms with Crippen LogP contribution in [0.5, 0.6) is 11.5 Å². The number of carbonyl (C=O) groups is 2. The van der Waals surface area contributed by atoms with E-state index in [4.69, 9.17) is 30.8 Å². The summed E-state index contributed by atoms with van der Waals surface area (Å²) < 4.78 is 57.0. The Kier molecular flexibility index (Phi) is 10.6. The molecule has 0 amide bonds. The summed E-state index contributed by atoms with van der Waals surface area (Å²) in [5.41, 5.74) is 12.9. The lowest BCUT2D eigenvalue weighted by Gasteiger charge is -2.19. The summed E-state index contributed by atoms with van der Waals surface area (Å²) in [6.45, 7) is 1.43. The molecule has 41 heavy (non-hydrogen) atoms. The normalized spacial score (nSPS) is 12.2. The minimum atomic E-state index is -3.62. The van der Waals surface area contributed by atoms with E-state index in [2.05, 4.69) is 0 Å². The number of carboxylic acids is 1. The minimum absolute atomic E-state index is 0.0385. The van der Waals surface area contributed by atoms with Gasteiger partial charge in [-0.3, -0.25) is 4.39 Å². The van der Waals surface area contributed by atoms with Crippen molar-refractivity contribution < 1.29 is 42.1 Å². The van der Waals surface area contributed by atoms with E-state index in [1.54, 1.807) is 0 Å². The molecule has 3 aromatic rings. The summed E-state index contributed by atoms with van der Waals surface area (Å²) in [4.78, 5) is 23.6. The molecule has 0 aromatic heterocycles. The number of rotatable bonds is 14. The molecule has 8 nitrogen and oxygen atoms in total. The maximum Gasteiger partial charge on any atom is 0.426 e. The Labute approximate surface area is 235 Å². The van der Waals surface area contributed by atoms with E-state index in [-0.39, 0.29) is 47.7 Å². The van der Waals surface area contributed by atoms with Gasteiger partial charge in [0.05, 0.1) is 24.4 Å². The molecule has 0 aliphatic carbocycles. The third kappa shape index (κ3) is 8.92. The standard InChI is InChI=1S/C30H31F3N2O6/c1-2-22(18-25-26(34)16-20(29(37)38)17-27(25)35)40-28(36)13-6-19-4-9-24(10-5-19)41-30(32,33)21-7-11-23(12-8-21)39-15-3-14-31/h4-13,16-17,22H,2-3,14-15,18,34-35H2,1H3,(H,37,38). The Bertz CT molecular complexity index is 1340. The molecule has 3 aromatic carbocycles. The van der Waals surface area contributed by atoms with Gasteiger partial charge in [-0.25, -0.2) is 9.59 Å². The van der Waals surface area contributed by atoms with E-state index in [1.807, 2.05) is 6.92 Å². The molecule has 0 aliphatic rings. The van der Waals surface area contributed by atoms with Crippen LogP contribution >= 0.6 is 0 Å². The molecule has 0 aliphatic heterocycles. The molecule has 1 atom stereocenters. The average molecular weight is 573 g/mol. The Balaban J connectivity index is 1.57. The summed E-state index contributed by atoms with van der Waals surface area (Å²) in [7, 11) is 0. The zero-order valence-electron chi connectivity index (χ0n) is 22.3. The monoisotopic (exact) mass is 572 g/mol. The first-order valence-corrected chi connectivity index (χ1v) is 12.8. The number of ether oxygens (including phenoxy) is 3. The quantitative estimate of drug-likeness (QED) is 0.0928.